The van der Waals surface area contributed by atoms with E-state index in [2.05, 4.69) is 10.6 Å². The van der Waals surface area contributed by atoms with Crippen molar-refractivity contribution < 1.29 is 23.5 Å². The highest BCUT2D eigenvalue weighted by atomic mass is 19.1. The van der Waals surface area contributed by atoms with Gasteiger partial charge in [0.05, 0.1) is 0 Å². The van der Waals surface area contributed by atoms with Crippen molar-refractivity contribution in [1.29, 1.82) is 0 Å². The zero-order chi connectivity index (χ0) is 16.2. The largest absolute Gasteiger partial charge is 0.507 e. The van der Waals surface area contributed by atoms with Gasteiger partial charge in [-0.15, -0.1) is 0 Å². The molecule has 116 valence electrons. The fourth-order valence-corrected chi connectivity index (χ4v) is 1.59. The third kappa shape index (κ3) is 4.40. The molecule has 2 atom stereocenters. The van der Waals surface area contributed by atoms with E-state index in [4.69, 9.17) is 0 Å². The number of phenols is 1. The molecule has 5 nitrogen and oxygen atoms in total. The number of aromatic hydroxyl groups is 1. The van der Waals surface area contributed by atoms with E-state index >= 15 is 0 Å². The molecule has 1 aromatic carbocycles. The summed E-state index contributed by atoms with van der Waals surface area (Å²) in [6.45, 7) is 5.12. The van der Waals surface area contributed by atoms with Gasteiger partial charge in [-0.05, 0) is 20.3 Å². The summed E-state index contributed by atoms with van der Waals surface area (Å²) in [5.41, 5.74) is -0.695. The van der Waals surface area contributed by atoms with Crippen LogP contribution in [0.25, 0.3) is 0 Å². The molecule has 0 aliphatic heterocycles. The molecule has 0 saturated carbocycles. The molecule has 0 aromatic heterocycles. The molecule has 0 fully saturated rings. The normalized spacial score (nSPS) is 13.4. The number of halogens is 2. The summed E-state index contributed by atoms with van der Waals surface area (Å²) in [6.07, 6.45) is 0.722. The summed E-state index contributed by atoms with van der Waals surface area (Å²) in [5.74, 6) is -4.43. The van der Waals surface area contributed by atoms with Crippen LogP contribution in [0.5, 0.6) is 5.75 Å². The summed E-state index contributed by atoms with van der Waals surface area (Å²) in [6, 6.07) is 0.128. The van der Waals surface area contributed by atoms with Crippen molar-refractivity contribution in [3.63, 3.8) is 0 Å². The molecule has 2 amide bonds. The van der Waals surface area contributed by atoms with Crippen LogP contribution in [0.15, 0.2) is 12.1 Å². The number of benzene rings is 1. The zero-order valence-corrected chi connectivity index (χ0v) is 12.0. The van der Waals surface area contributed by atoms with Crippen LogP contribution in [0.2, 0.25) is 0 Å². The Hall–Kier alpha value is -2.18. The number of carbonyl (C=O) groups is 2. The number of hydrogen-bond donors (Lipinski definition) is 3. The molecule has 0 aliphatic carbocycles. The van der Waals surface area contributed by atoms with Gasteiger partial charge in [0.25, 0.3) is 5.91 Å². The van der Waals surface area contributed by atoms with E-state index < -0.39 is 40.8 Å². The molecule has 1 rings (SSSR count). The van der Waals surface area contributed by atoms with Crippen molar-refractivity contribution in [2.45, 2.75) is 39.3 Å². The number of hydrogen-bond acceptors (Lipinski definition) is 3. The van der Waals surface area contributed by atoms with Crippen LogP contribution in [0.4, 0.5) is 8.78 Å². The highest BCUT2D eigenvalue weighted by Crippen LogP contribution is 2.21. The van der Waals surface area contributed by atoms with Crippen LogP contribution < -0.4 is 10.6 Å². The molecule has 7 heteroatoms. The number of phenolic OH excluding ortho intramolecular Hbond substituents is 1. The molecule has 0 saturated heterocycles. The summed E-state index contributed by atoms with van der Waals surface area (Å²) in [7, 11) is 0. The summed E-state index contributed by atoms with van der Waals surface area (Å²) < 4.78 is 26.4. The third-order valence-electron chi connectivity index (χ3n) is 3.00. The van der Waals surface area contributed by atoms with Crippen LogP contribution in [-0.4, -0.2) is 29.0 Å². The topological polar surface area (TPSA) is 78.4 Å². The Morgan fingerprint density at radius 1 is 1.24 bits per heavy atom. The number of carbonyl (C=O) groups excluding carboxylic acids is 2. The Morgan fingerprint density at radius 3 is 2.38 bits per heavy atom. The predicted molar refractivity (Wildman–Crippen MR) is 72.8 cm³/mol. The Balaban J connectivity index is 2.80. The van der Waals surface area contributed by atoms with Gasteiger partial charge in [-0.3, -0.25) is 9.59 Å². The van der Waals surface area contributed by atoms with E-state index in [0.29, 0.717) is 12.1 Å². The van der Waals surface area contributed by atoms with Crippen LogP contribution in [0, 0.1) is 11.6 Å². The fourth-order valence-electron chi connectivity index (χ4n) is 1.59. The molecule has 0 aliphatic rings. The monoisotopic (exact) mass is 300 g/mol. The SMILES string of the molecule is CCC(C)NC(=O)C(C)NC(=O)c1c(O)cc(F)cc1F. The van der Waals surface area contributed by atoms with E-state index in [1.54, 1.807) is 6.92 Å². The molecule has 2 unspecified atom stereocenters. The van der Waals surface area contributed by atoms with Gasteiger partial charge in [0.15, 0.2) is 0 Å². The van der Waals surface area contributed by atoms with Crippen LogP contribution in [0.1, 0.15) is 37.6 Å². The summed E-state index contributed by atoms with van der Waals surface area (Å²) in [5, 5.41) is 14.3. The van der Waals surface area contributed by atoms with Gasteiger partial charge in [-0.25, -0.2) is 8.78 Å². The van der Waals surface area contributed by atoms with Crippen LogP contribution in [-0.2, 0) is 4.79 Å². The van der Waals surface area contributed by atoms with Crippen molar-refractivity contribution in [3.8, 4) is 5.75 Å². The Labute approximate surface area is 121 Å². The maximum absolute atomic E-state index is 13.5. The average Bonchev–Trinajstić information content (AvgIpc) is 2.36. The minimum atomic E-state index is -1.19. The van der Waals surface area contributed by atoms with Crippen LogP contribution >= 0.6 is 0 Å². The van der Waals surface area contributed by atoms with Gasteiger partial charge in [-0.1, -0.05) is 6.92 Å². The Kier molecular flexibility index (Phi) is 5.63. The number of nitrogens with one attached hydrogen (secondary N) is 2. The van der Waals surface area contributed by atoms with Crippen LogP contribution in [0.3, 0.4) is 0 Å². The van der Waals surface area contributed by atoms with Crippen molar-refractivity contribution in [3.05, 3.63) is 29.3 Å². The number of amides is 2. The molecular formula is C14H18F2N2O3. The lowest BCUT2D eigenvalue weighted by molar-refractivity contribution is -0.123. The van der Waals surface area contributed by atoms with Gasteiger partial charge in [0.1, 0.15) is 29.0 Å². The minimum Gasteiger partial charge on any atom is -0.507 e. The molecule has 3 N–H and O–H groups in total. The van der Waals surface area contributed by atoms with E-state index in [9.17, 15) is 23.5 Å². The molecule has 0 spiro atoms. The molecule has 1 aromatic rings. The highest BCUT2D eigenvalue weighted by Gasteiger charge is 2.23. The first-order chi connectivity index (χ1) is 9.76. The molecule has 0 bridgehead atoms. The molecule has 21 heavy (non-hydrogen) atoms. The molecular weight excluding hydrogens is 282 g/mol. The Bertz CT molecular complexity index is 526. The van der Waals surface area contributed by atoms with Crippen molar-refractivity contribution in [1.82, 2.24) is 10.6 Å². The van der Waals surface area contributed by atoms with E-state index in [1.165, 1.54) is 6.92 Å². The van der Waals surface area contributed by atoms with Gasteiger partial charge in [0.2, 0.25) is 5.91 Å². The second kappa shape index (κ2) is 7.01. The van der Waals surface area contributed by atoms with E-state index in [1.807, 2.05) is 6.92 Å². The van der Waals surface area contributed by atoms with E-state index in [0.717, 1.165) is 6.42 Å². The lowest BCUT2D eigenvalue weighted by Gasteiger charge is -2.17. The highest BCUT2D eigenvalue weighted by molar-refractivity contribution is 5.99. The fraction of sp³-hybridized carbons (Fsp3) is 0.429. The first kappa shape index (κ1) is 16.9. The Morgan fingerprint density at radius 2 is 1.86 bits per heavy atom. The van der Waals surface area contributed by atoms with Crippen molar-refractivity contribution in [2.24, 2.45) is 0 Å². The van der Waals surface area contributed by atoms with Gasteiger partial charge >= 0.3 is 0 Å². The smallest absolute Gasteiger partial charge is 0.258 e. The van der Waals surface area contributed by atoms with Gasteiger partial charge < -0.3 is 15.7 Å². The van der Waals surface area contributed by atoms with Gasteiger partial charge in [0, 0.05) is 18.2 Å². The lowest BCUT2D eigenvalue weighted by Crippen LogP contribution is -2.47. The summed E-state index contributed by atoms with van der Waals surface area (Å²) in [4.78, 5) is 23.6. The second-order valence-electron chi connectivity index (χ2n) is 4.79. The minimum absolute atomic E-state index is 0.0622. The maximum atomic E-state index is 13.5. The quantitative estimate of drug-likeness (QED) is 0.774. The van der Waals surface area contributed by atoms with Gasteiger partial charge in [-0.2, -0.15) is 0 Å². The maximum Gasteiger partial charge on any atom is 0.258 e. The summed E-state index contributed by atoms with van der Waals surface area (Å²) >= 11 is 0. The van der Waals surface area contributed by atoms with E-state index in [-0.39, 0.29) is 6.04 Å². The number of rotatable bonds is 5. The second-order valence-corrected chi connectivity index (χ2v) is 4.79. The first-order valence-corrected chi connectivity index (χ1v) is 6.55. The zero-order valence-electron chi connectivity index (χ0n) is 12.0. The third-order valence-corrected chi connectivity index (χ3v) is 3.00. The standard InChI is InChI=1S/C14H18F2N2O3/c1-4-7(2)17-13(20)8(3)18-14(21)12-10(16)5-9(15)6-11(12)19/h5-8,19H,4H2,1-3H3,(H,17,20)(H,18,21). The molecule has 0 heterocycles. The average molecular weight is 300 g/mol. The lowest BCUT2D eigenvalue weighted by atomic mass is 10.1. The van der Waals surface area contributed by atoms with Crippen molar-refractivity contribution >= 4 is 11.8 Å². The van der Waals surface area contributed by atoms with Crippen molar-refractivity contribution in [2.75, 3.05) is 0 Å². The predicted octanol–water partition coefficient (Wildman–Crippen LogP) is 1.70. The molecule has 0 radical (unpaired) electrons. The first-order valence-electron chi connectivity index (χ1n) is 6.55.